The van der Waals surface area contributed by atoms with Gasteiger partial charge in [-0.3, -0.25) is 14.5 Å². The molecule has 25 heavy (non-hydrogen) atoms. The first kappa shape index (κ1) is 19.2. The lowest BCUT2D eigenvalue weighted by molar-refractivity contribution is -0.120. The molecule has 0 saturated carbocycles. The number of fused-ring (bicyclic) bond motifs is 1. The van der Waals surface area contributed by atoms with E-state index >= 15 is 0 Å². The molecule has 0 atom stereocenters. The van der Waals surface area contributed by atoms with Gasteiger partial charge in [-0.05, 0) is 24.6 Å². The standard InChI is InChI=1S/C20H29N3O2/c1-5-6-11-23(14-19(21)25)13-15(24)12-18-20(2,3)16-9-7-8-10-17(16)22(18)4/h7-10,12H,5-6,11,13-14H2,1-4H3,(H2,21,25)/b18-12-. The molecule has 0 spiro atoms. The quantitative estimate of drug-likeness (QED) is 0.736. The molecule has 1 aromatic rings. The largest absolute Gasteiger partial charge is 0.369 e. The highest BCUT2D eigenvalue weighted by Gasteiger charge is 2.38. The van der Waals surface area contributed by atoms with Crippen LogP contribution in [-0.2, 0) is 15.0 Å². The number of para-hydroxylation sites is 1. The van der Waals surface area contributed by atoms with Crippen molar-refractivity contribution in [2.45, 2.75) is 39.0 Å². The fourth-order valence-corrected chi connectivity index (χ4v) is 3.49. The SMILES string of the molecule is CCCCN(CC(N)=O)CC(=O)/C=C1\N(C)c2ccccc2C1(C)C. The lowest BCUT2D eigenvalue weighted by atomic mass is 9.83. The molecule has 0 saturated heterocycles. The van der Waals surface area contributed by atoms with E-state index < -0.39 is 5.91 Å². The number of allylic oxidation sites excluding steroid dienone is 1. The number of hydrogen-bond acceptors (Lipinski definition) is 4. The van der Waals surface area contributed by atoms with Crippen molar-refractivity contribution >= 4 is 17.4 Å². The van der Waals surface area contributed by atoms with Crippen LogP contribution in [0.5, 0.6) is 0 Å². The summed E-state index contributed by atoms with van der Waals surface area (Å²) in [6.45, 7) is 7.38. The summed E-state index contributed by atoms with van der Waals surface area (Å²) < 4.78 is 0. The number of hydrogen-bond donors (Lipinski definition) is 1. The Kier molecular flexibility index (Phi) is 6.01. The Hall–Kier alpha value is -2.14. The van der Waals surface area contributed by atoms with Crippen LogP contribution in [0.4, 0.5) is 5.69 Å². The molecule has 1 aromatic carbocycles. The van der Waals surface area contributed by atoms with Crippen molar-refractivity contribution in [3.63, 3.8) is 0 Å². The van der Waals surface area contributed by atoms with E-state index in [1.54, 1.807) is 6.08 Å². The number of amides is 1. The van der Waals surface area contributed by atoms with Gasteiger partial charge in [0.15, 0.2) is 5.78 Å². The first-order valence-electron chi connectivity index (χ1n) is 8.86. The number of primary amides is 1. The van der Waals surface area contributed by atoms with E-state index in [-0.39, 0.29) is 24.3 Å². The second-order valence-electron chi connectivity index (χ2n) is 7.23. The molecule has 2 N–H and O–H groups in total. The molecule has 1 amide bonds. The Morgan fingerprint density at radius 2 is 1.92 bits per heavy atom. The third kappa shape index (κ3) is 4.28. The summed E-state index contributed by atoms with van der Waals surface area (Å²) in [6.07, 6.45) is 3.67. The molecule has 136 valence electrons. The van der Waals surface area contributed by atoms with Crippen LogP contribution >= 0.6 is 0 Å². The monoisotopic (exact) mass is 343 g/mol. The summed E-state index contributed by atoms with van der Waals surface area (Å²) in [5, 5.41) is 0. The number of unbranched alkanes of at least 4 members (excludes halogenated alkanes) is 1. The van der Waals surface area contributed by atoms with Crippen molar-refractivity contribution < 1.29 is 9.59 Å². The van der Waals surface area contributed by atoms with Gasteiger partial charge in [0, 0.05) is 29.9 Å². The van der Waals surface area contributed by atoms with Crippen molar-refractivity contribution in [2.24, 2.45) is 5.73 Å². The molecule has 2 rings (SSSR count). The molecule has 0 unspecified atom stereocenters. The first-order chi connectivity index (χ1) is 11.8. The van der Waals surface area contributed by atoms with Crippen molar-refractivity contribution in [1.29, 1.82) is 0 Å². The fourth-order valence-electron chi connectivity index (χ4n) is 3.49. The lowest BCUT2D eigenvalue weighted by Gasteiger charge is -2.25. The molecule has 5 nitrogen and oxygen atoms in total. The highest BCUT2D eigenvalue weighted by Crippen LogP contribution is 2.46. The molecular formula is C20H29N3O2. The van der Waals surface area contributed by atoms with E-state index in [2.05, 4.69) is 37.8 Å². The van der Waals surface area contributed by atoms with Crippen LogP contribution < -0.4 is 10.6 Å². The van der Waals surface area contributed by atoms with Crippen LogP contribution in [0.3, 0.4) is 0 Å². The van der Waals surface area contributed by atoms with Gasteiger partial charge in [-0.25, -0.2) is 0 Å². The Labute approximate surface area is 150 Å². The third-order valence-corrected chi connectivity index (χ3v) is 4.82. The average molecular weight is 343 g/mol. The predicted octanol–water partition coefficient (Wildman–Crippen LogP) is 2.45. The van der Waals surface area contributed by atoms with Crippen molar-refractivity contribution in [1.82, 2.24) is 4.90 Å². The summed E-state index contributed by atoms with van der Waals surface area (Å²) in [7, 11) is 1.99. The third-order valence-electron chi connectivity index (χ3n) is 4.82. The minimum Gasteiger partial charge on any atom is -0.369 e. The van der Waals surface area contributed by atoms with Crippen LogP contribution in [0.15, 0.2) is 36.0 Å². The Bertz CT molecular complexity index is 679. The van der Waals surface area contributed by atoms with E-state index in [0.29, 0.717) is 6.54 Å². The number of nitrogens with zero attached hydrogens (tertiary/aromatic N) is 2. The molecule has 1 aliphatic rings. The van der Waals surface area contributed by atoms with E-state index in [0.717, 1.165) is 24.2 Å². The normalized spacial score (nSPS) is 17.2. The van der Waals surface area contributed by atoms with Crippen LogP contribution in [0, 0.1) is 0 Å². The highest BCUT2D eigenvalue weighted by atomic mass is 16.1. The van der Waals surface area contributed by atoms with Crippen molar-refractivity contribution in [3.05, 3.63) is 41.6 Å². The first-order valence-corrected chi connectivity index (χ1v) is 8.86. The molecule has 0 radical (unpaired) electrons. The molecule has 0 aliphatic carbocycles. The van der Waals surface area contributed by atoms with Crippen LogP contribution in [0.1, 0.15) is 39.2 Å². The zero-order valence-corrected chi connectivity index (χ0v) is 15.7. The maximum Gasteiger partial charge on any atom is 0.231 e. The number of likely N-dealkylation sites (N-methyl/N-ethyl adjacent to an activating group) is 1. The molecule has 0 bridgehead atoms. The summed E-state index contributed by atoms with van der Waals surface area (Å²) >= 11 is 0. The predicted molar refractivity (Wildman–Crippen MR) is 102 cm³/mol. The zero-order valence-electron chi connectivity index (χ0n) is 15.7. The van der Waals surface area contributed by atoms with E-state index in [1.807, 2.05) is 24.1 Å². The molecular weight excluding hydrogens is 314 g/mol. The molecule has 0 fully saturated rings. The number of carbonyl (C=O) groups is 2. The maximum absolute atomic E-state index is 12.6. The van der Waals surface area contributed by atoms with Gasteiger partial charge in [0.2, 0.25) is 5.91 Å². The number of nitrogens with two attached hydrogens (primary N) is 1. The van der Waals surface area contributed by atoms with Crippen molar-refractivity contribution in [3.8, 4) is 0 Å². The molecule has 1 aliphatic heterocycles. The highest BCUT2D eigenvalue weighted by molar-refractivity contribution is 5.94. The Morgan fingerprint density at radius 3 is 2.52 bits per heavy atom. The number of benzene rings is 1. The second-order valence-corrected chi connectivity index (χ2v) is 7.23. The Morgan fingerprint density at radius 1 is 1.24 bits per heavy atom. The van der Waals surface area contributed by atoms with E-state index in [1.165, 1.54) is 5.56 Å². The number of ketones is 1. The van der Waals surface area contributed by atoms with Crippen LogP contribution in [-0.4, -0.2) is 43.3 Å². The Balaban J connectivity index is 2.18. The molecule has 5 heteroatoms. The van der Waals surface area contributed by atoms with Gasteiger partial charge in [0.25, 0.3) is 0 Å². The smallest absolute Gasteiger partial charge is 0.231 e. The zero-order chi connectivity index (χ0) is 18.6. The summed E-state index contributed by atoms with van der Waals surface area (Å²) in [4.78, 5) is 27.8. The van der Waals surface area contributed by atoms with Gasteiger partial charge in [-0.15, -0.1) is 0 Å². The fraction of sp³-hybridized carbons (Fsp3) is 0.500. The van der Waals surface area contributed by atoms with Gasteiger partial charge in [0.1, 0.15) is 0 Å². The summed E-state index contributed by atoms with van der Waals surface area (Å²) in [6, 6.07) is 8.22. The number of anilines is 1. The molecule has 0 aromatic heterocycles. The molecule has 1 heterocycles. The summed E-state index contributed by atoms with van der Waals surface area (Å²) in [5.41, 5.74) is 8.42. The van der Waals surface area contributed by atoms with Crippen LogP contribution in [0.2, 0.25) is 0 Å². The lowest BCUT2D eigenvalue weighted by Crippen LogP contribution is -2.38. The average Bonchev–Trinajstić information content (AvgIpc) is 2.73. The van der Waals surface area contributed by atoms with Gasteiger partial charge < -0.3 is 10.6 Å². The van der Waals surface area contributed by atoms with Gasteiger partial charge >= 0.3 is 0 Å². The van der Waals surface area contributed by atoms with Gasteiger partial charge in [-0.1, -0.05) is 45.4 Å². The van der Waals surface area contributed by atoms with E-state index in [4.69, 9.17) is 5.73 Å². The number of carbonyl (C=O) groups excluding carboxylic acids is 2. The topological polar surface area (TPSA) is 66.6 Å². The summed E-state index contributed by atoms with van der Waals surface area (Å²) in [5.74, 6) is -0.401. The minimum atomic E-state index is -0.401. The second kappa shape index (κ2) is 7.83. The van der Waals surface area contributed by atoms with Gasteiger partial charge in [0.05, 0.1) is 13.1 Å². The maximum atomic E-state index is 12.6. The number of rotatable bonds is 8. The minimum absolute atomic E-state index is 0.0000779. The van der Waals surface area contributed by atoms with Crippen LogP contribution in [0.25, 0.3) is 0 Å². The van der Waals surface area contributed by atoms with E-state index in [9.17, 15) is 9.59 Å². The van der Waals surface area contributed by atoms with Crippen molar-refractivity contribution in [2.75, 3.05) is 31.6 Å². The van der Waals surface area contributed by atoms with Gasteiger partial charge in [-0.2, -0.15) is 0 Å².